The minimum atomic E-state index is -0.267. The number of ether oxygens (including phenoxy) is 1. The number of carbonyl (C=O) groups is 2. The molecule has 0 N–H and O–H groups in total. The Morgan fingerprint density at radius 1 is 0.815 bits per heavy atom. The summed E-state index contributed by atoms with van der Waals surface area (Å²) in [6.45, 7) is 2.02. The van der Waals surface area contributed by atoms with Gasteiger partial charge in [-0.15, -0.1) is 0 Å². The second-order valence-electron chi connectivity index (χ2n) is 6.62. The smallest absolute Gasteiger partial charge is 0.229 e. The third kappa shape index (κ3) is 3.44. The van der Waals surface area contributed by atoms with Gasteiger partial charge in [-0.05, 0) is 24.1 Å². The van der Waals surface area contributed by atoms with Gasteiger partial charge in [-0.2, -0.15) is 0 Å². The third-order valence-corrected chi connectivity index (χ3v) is 4.60. The molecular formula is C24H18O3. The van der Waals surface area contributed by atoms with Crippen molar-refractivity contribution in [1.82, 2.24) is 0 Å². The Bertz CT molecular complexity index is 1060. The highest BCUT2D eigenvalue weighted by atomic mass is 16.5. The van der Waals surface area contributed by atoms with E-state index in [0.29, 0.717) is 23.3 Å². The first kappa shape index (κ1) is 17.0. The van der Waals surface area contributed by atoms with Crippen LogP contribution >= 0.6 is 0 Å². The number of hydrogen-bond acceptors (Lipinski definition) is 3. The van der Waals surface area contributed by atoms with Gasteiger partial charge >= 0.3 is 0 Å². The van der Waals surface area contributed by atoms with E-state index in [0.717, 1.165) is 16.7 Å². The van der Waals surface area contributed by atoms with Crippen LogP contribution in [0, 0.1) is 6.92 Å². The molecule has 0 atom stereocenters. The number of allylic oxidation sites excluding steroid dienone is 2. The van der Waals surface area contributed by atoms with Crippen LogP contribution in [0.5, 0.6) is 5.75 Å². The Hall–Kier alpha value is -3.46. The van der Waals surface area contributed by atoms with Gasteiger partial charge < -0.3 is 4.74 Å². The molecule has 3 nitrogen and oxygen atoms in total. The van der Waals surface area contributed by atoms with E-state index in [1.54, 1.807) is 24.3 Å². The molecule has 0 bridgehead atoms. The zero-order valence-electron chi connectivity index (χ0n) is 14.9. The molecule has 3 aromatic rings. The molecule has 3 aromatic carbocycles. The molecule has 4 rings (SSSR count). The first-order valence-electron chi connectivity index (χ1n) is 8.83. The summed E-state index contributed by atoms with van der Waals surface area (Å²) in [6.07, 6.45) is 1.97. The summed E-state index contributed by atoms with van der Waals surface area (Å²) >= 11 is 0. The van der Waals surface area contributed by atoms with Crippen molar-refractivity contribution in [2.75, 3.05) is 0 Å². The number of carbonyl (C=O) groups excluding carboxylic acids is 2. The molecular weight excluding hydrogens is 336 g/mol. The van der Waals surface area contributed by atoms with Crippen LogP contribution in [0.1, 0.15) is 37.4 Å². The van der Waals surface area contributed by atoms with Gasteiger partial charge in [0.1, 0.15) is 5.75 Å². The first-order valence-corrected chi connectivity index (χ1v) is 8.83. The molecule has 0 saturated heterocycles. The number of ketones is 2. The van der Waals surface area contributed by atoms with Crippen LogP contribution < -0.4 is 4.74 Å². The number of fused-ring (bicyclic) bond motifs is 1. The topological polar surface area (TPSA) is 43.4 Å². The summed E-state index contributed by atoms with van der Waals surface area (Å²) in [7, 11) is 0. The Labute approximate surface area is 157 Å². The van der Waals surface area contributed by atoms with Crippen molar-refractivity contribution in [3.8, 4) is 5.75 Å². The van der Waals surface area contributed by atoms with Gasteiger partial charge in [0, 0.05) is 23.6 Å². The molecule has 132 valence electrons. The molecule has 0 aromatic heterocycles. The largest absolute Gasteiger partial charge is 0.453 e. The molecule has 0 heterocycles. The quantitative estimate of drug-likeness (QED) is 0.667. The van der Waals surface area contributed by atoms with Crippen molar-refractivity contribution < 1.29 is 14.3 Å². The molecule has 1 aliphatic rings. The Morgan fingerprint density at radius 2 is 1.52 bits per heavy atom. The van der Waals surface area contributed by atoms with Gasteiger partial charge in [-0.3, -0.25) is 9.59 Å². The van der Waals surface area contributed by atoms with Gasteiger partial charge in [-0.25, -0.2) is 0 Å². The average Bonchev–Trinajstić information content (AvgIpc) is 2.69. The molecule has 0 amide bonds. The minimum absolute atomic E-state index is 0.0665. The summed E-state index contributed by atoms with van der Waals surface area (Å²) in [5.74, 6) is 0.182. The van der Waals surface area contributed by atoms with Crippen molar-refractivity contribution >= 4 is 11.6 Å². The van der Waals surface area contributed by atoms with Crippen LogP contribution in [-0.2, 0) is 6.42 Å². The van der Waals surface area contributed by atoms with E-state index in [4.69, 9.17) is 4.74 Å². The molecule has 0 aliphatic heterocycles. The minimum Gasteiger partial charge on any atom is -0.453 e. The standard InChI is InChI=1S/C24H18O3/c1-16-11-12-22(18(13-16)14-17-7-3-2-4-8-17)27-23-15-21(25)19-9-5-6-10-20(19)24(23)26/h2-13,15H,14H2,1H3. The number of Topliss-reactive ketones (excluding diaryl/α,β-unsaturated/α-hetero) is 1. The maximum Gasteiger partial charge on any atom is 0.229 e. The highest BCUT2D eigenvalue weighted by molar-refractivity contribution is 6.23. The lowest BCUT2D eigenvalue weighted by Crippen LogP contribution is -2.20. The van der Waals surface area contributed by atoms with Crippen LogP contribution in [0.4, 0.5) is 0 Å². The molecule has 0 radical (unpaired) electrons. The van der Waals surface area contributed by atoms with Gasteiger partial charge in [0.25, 0.3) is 0 Å². The molecule has 0 unspecified atom stereocenters. The zero-order chi connectivity index (χ0) is 18.8. The Balaban J connectivity index is 1.67. The van der Waals surface area contributed by atoms with E-state index in [-0.39, 0.29) is 17.3 Å². The predicted molar refractivity (Wildman–Crippen MR) is 104 cm³/mol. The lowest BCUT2D eigenvalue weighted by Gasteiger charge is -2.17. The zero-order valence-corrected chi connectivity index (χ0v) is 14.9. The highest BCUT2D eigenvalue weighted by Gasteiger charge is 2.27. The SMILES string of the molecule is Cc1ccc(OC2=CC(=O)c3ccccc3C2=O)c(Cc2ccccc2)c1. The number of rotatable bonds is 4. The summed E-state index contributed by atoms with van der Waals surface area (Å²) in [5, 5.41) is 0. The maximum absolute atomic E-state index is 12.8. The summed E-state index contributed by atoms with van der Waals surface area (Å²) in [5.41, 5.74) is 4.04. The normalized spacial score (nSPS) is 13.1. The average molecular weight is 354 g/mol. The van der Waals surface area contributed by atoms with Crippen LogP contribution in [-0.4, -0.2) is 11.6 Å². The molecule has 27 heavy (non-hydrogen) atoms. The van der Waals surface area contributed by atoms with Crippen molar-refractivity contribution in [2.24, 2.45) is 0 Å². The Kier molecular flexibility index (Phi) is 4.43. The van der Waals surface area contributed by atoms with E-state index in [1.165, 1.54) is 6.08 Å². The van der Waals surface area contributed by atoms with E-state index in [1.807, 2.05) is 43.3 Å². The van der Waals surface area contributed by atoms with Crippen LogP contribution in [0.3, 0.4) is 0 Å². The van der Waals surface area contributed by atoms with Crippen molar-refractivity contribution in [1.29, 1.82) is 0 Å². The van der Waals surface area contributed by atoms with Gasteiger partial charge in [0.05, 0.1) is 0 Å². The van der Waals surface area contributed by atoms with E-state index >= 15 is 0 Å². The highest BCUT2D eigenvalue weighted by Crippen LogP contribution is 2.28. The number of benzene rings is 3. The second-order valence-corrected chi connectivity index (χ2v) is 6.62. The second kappa shape index (κ2) is 7.04. The van der Waals surface area contributed by atoms with Gasteiger partial charge in [0.15, 0.2) is 11.5 Å². The Morgan fingerprint density at radius 3 is 2.30 bits per heavy atom. The first-order chi connectivity index (χ1) is 13.1. The molecule has 0 saturated carbocycles. The predicted octanol–water partition coefficient (Wildman–Crippen LogP) is 4.93. The van der Waals surface area contributed by atoms with Crippen molar-refractivity contribution in [3.05, 3.63) is 112 Å². The number of hydrogen-bond donors (Lipinski definition) is 0. The summed E-state index contributed by atoms with van der Waals surface area (Å²) < 4.78 is 5.94. The molecule has 0 spiro atoms. The lowest BCUT2D eigenvalue weighted by molar-refractivity contribution is 0.0946. The fourth-order valence-corrected chi connectivity index (χ4v) is 3.25. The van der Waals surface area contributed by atoms with Gasteiger partial charge in [-0.1, -0.05) is 72.3 Å². The summed E-state index contributed by atoms with van der Waals surface area (Å²) in [4.78, 5) is 25.1. The molecule has 3 heteroatoms. The van der Waals surface area contributed by atoms with Crippen molar-refractivity contribution in [3.63, 3.8) is 0 Å². The maximum atomic E-state index is 12.8. The third-order valence-electron chi connectivity index (χ3n) is 4.60. The molecule has 1 aliphatic carbocycles. The monoisotopic (exact) mass is 354 g/mol. The van der Waals surface area contributed by atoms with Gasteiger partial charge in [0.2, 0.25) is 5.78 Å². The van der Waals surface area contributed by atoms with E-state index < -0.39 is 0 Å². The van der Waals surface area contributed by atoms with Crippen LogP contribution in [0.25, 0.3) is 0 Å². The fourth-order valence-electron chi connectivity index (χ4n) is 3.25. The van der Waals surface area contributed by atoms with E-state index in [9.17, 15) is 9.59 Å². The van der Waals surface area contributed by atoms with E-state index in [2.05, 4.69) is 12.1 Å². The lowest BCUT2D eigenvalue weighted by atomic mass is 9.93. The van der Waals surface area contributed by atoms with Crippen LogP contribution in [0.15, 0.2) is 84.6 Å². The summed E-state index contributed by atoms with van der Waals surface area (Å²) in [6, 6.07) is 22.7. The molecule has 0 fully saturated rings. The number of aryl methyl sites for hydroxylation is 1. The van der Waals surface area contributed by atoms with Crippen molar-refractivity contribution in [2.45, 2.75) is 13.3 Å². The van der Waals surface area contributed by atoms with Crippen LogP contribution in [0.2, 0.25) is 0 Å². The fraction of sp³-hybridized carbons (Fsp3) is 0.0833.